The Balaban J connectivity index is 2.51. The molecule has 1 aromatic rings. The molecule has 3 nitrogen and oxygen atoms in total. The smallest absolute Gasteiger partial charge is 0.207 e. The average Bonchev–Trinajstić information content (AvgIpc) is 2.44. The number of sulfonamides is 1. The van der Waals surface area contributed by atoms with Crippen molar-refractivity contribution in [1.29, 1.82) is 0 Å². The van der Waals surface area contributed by atoms with E-state index < -0.39 is 10.0 Å². The van der Waals surface area contributed by atoms with Gasteiger partial charge >= 0.3 is 0 Å². The van der Waals surface area contributed by atoms with E-state index in [1.165, 1.54) is 0 Å². The van der Waals surface area contributed by atoms with Crippen molar-refractivity contribution in [2.24, 2.45) is 0 Å². The molecular formula is C15H22ClNO2S2. The first-order chi connectivity index (χ1) is 9.78. The molecule has 0 N–H and O–H groups in total. The monoisotopic (exact) mass is 347 g/mol. The summed E-state index contributed by atoms with van der Waals surface area (Å²) in [7, 11) is -3.47. The Morgan fingerprint density at radius 3 is 2.62 bits per heavy atom. The summed E-state index contributed by atoms with van der Waals surface area (Å²) in [4.78, 5) is 0.407. The van der Waals surface area contributed by atoms with Crippen molar-refractivity contribution in [2.45, 2.75) is 49.8 Å². The lowest BCUT2D eigenvalue weighted by atomic mass is 10.1. The summed E-state index contributed by atoms with van der Waals surface area (Å²) in [6, 6.07) is 3.69. The second-order valence-corrected chi connectivity index (χ2v) is 9.21. The van der Waals surface area contributed by atoms with Crippen LogP contribution in [0.3, 0.4) is 0 Å². The van der Waals surface area contributed by atoms with Crippen LogP contribution in [0.2, 0.25) is 0 Å². The Kier molecular flexibility index (Phi) is 5.29. The van der Waals surface area contributed by atoms with Gasteiger partial charge in [0.25, 0.3) is 0 Å². The number of hydrogen-bond donors (Lipinski definition) is 0. The fourth-order valence-corrected chi connectivity index (χ4v) is 6.11. The number of rotatable bonds is 3. The van der Waals surface area contributed by atoms with Crippen molar-refractivity contribution in [3.05, 3.63) is 28.8 Å². The molecule has 0 aliphatic carbocycles. The normalized spacial score (nSPS) is 24.2. The zero-order chi connectivity index (χ0) is 15.8. The summed E-state index contributed by atoms with van der Waals surface area (Å²) in [6.45, 7) is 8.45. The van der Waals surface area contributed by atoms with Crippen LogP contribution in [-0.4, -0.2) is 36.3 Å². The van der Waals surface area contributed by atoms with E-state index in [0.717, 1.165) is 22.4 Å². The standard InChI is InChI=1S/C15H22ClNO2S2/c1-10-7-14(9-16)8-15(11(10)2)21(18,19)17-5-6-20-13(4)12(17)3/h7-8,12-13H,5-6,9H2,1-4H3. The Labute approximate surface area is 137 Å². The first kappa shape index (κ1) is 17.1. The van der Waals surface area contributed by atoms with Gasteiger partial charge in [-0.2, -0.15) is 16.1 Å². The highest BCUT2D eigenvalue weighted by atomic mass is 35.5. The maximum Gasteiger partial charge on any atom is 0.243 e. The van der Waals surface area contributed by atoms with Gasteiger partial charge in [-0.1, -0.05) is 13.0 Å². The van der Waals surface area contributed by atoms with E-state index in [0.29, 0.717) is 22.6 Å². The molecule has 2 rings (SSSR count). The molecule has 2 atom stereocenters. The van der Waals surface area contributed by atoms with Gasteiger partial charge in [0.1, 0.15) is 0 Å². The summed E-state index contributed by atoms with van der Waals surface area (Å²) >= 11 is 7.73. The van der Waals surface area contributed by atoms with Gasteiger partial charge in [0, 0.05) is 29.5 Å². The minimum Gasteiger partial charge on any atom is -0.207 e. The van der Waals surface area contributed by atoms with E-state index in [9.17, 15) is 8.42 Å². The van der Waals surface area contributed by atoms with Gasteiger partial charge in [-0.25, -0.2) is 8.42 Å². The van der Waals surface area contributed by atoms with E-state index >= 15 is 0 Å². The van der Waals surface area contributed by atoms with Gasteiger partial charge in [0.15, 0.2) is 0 Å². The van der Waals surface area contributed by atoms with E-state index in [2.05, 4.69) is 6.92 Å². The molecule has 0 saturated carbocycles. The van der Waals surface area contributed by atoms with Crippen molar-refractivity contribution in [3.63, 3.8) is 0 Å². The fraction of sp³-hybridized carbons (Fsp3) is 0.600. The van der Waals surface area contributed by atoms with Crippen LogP contribution in [0.5, 0.6) is 0 Å². The maximum absolute atomic E-state index is 13.1. The Morgan fingerprint density at radius 2 is 2.00 bits per heavy atom. The lowest BCUT2D eigenvalue weighted by molar-refractivity contribution is 0.340. The van der Waals surface area contributed by atoms with Crippen molar-refractivity contribution < 1.29 is 8.42 Å². The van der Waals surface area contributed by atoms with Gasteiger partial charge in [0.05, 0.1) is 4.90 Å². The molecule has 6 heteroatoms. The number of alkyl halides is 1. The predicted octanol–water partition coefficient (Wildman–Crippen LogP) is 3.56. The first-order valence-corrected chi connectivity index (χ1v) is 10.1. The summed E-state index contributed by atoms with van der Waals surface area (Å²) in [5.74, 6) is 1.17. The average molecular weight is 348 g/mol. The molecule has 0 aromatic heterocycles. The number of thioether (sulfide) groups is 1. The van der Waals surface area contributed by atoms with Crippen molar-refractivity contribution in [2.75, 3.05) is 12.3 Å². The third kappa shape index (κ3) is 3.26. The predicted molar refractivity (Wildman–Crippen MR) is 90.7 cm³/mol. The minimum atomic E-state index is -3.47. The molecule has 0 radical (unpaired) electrons. The van der Waals surface area contributed by atoms with E-state index in [4.69, 9.17) is 11.6 Å². The molecule has 2 unspecified atom stereocenters. The summed E-state index contributed by atoms with van der Waals surface area (Å²) in [5, 5.41) is 0.311. The fourth-order valence-electron chi connectivity index (χ4n) is 2.62. The third-order valence-electron chi connectivity index (χ3n) is 4.25. The molecule has 0 amide bonds. The van der Waals surface area contributed by atoms with Crippen LogP contribution in [0.4, 0.5) is 0 Å². The van der Waals surface area contributed by atoms with E-state index in [-0.39, 0.29) is 6.04 Å². The maximum atomic E-state index is 13.1. The summed E-state index contributed by atoms with van der Waals surface area (Å²) in [6.07, 6.45) is 0. The number of benzene rings is 1. The van der Waals surface area contributed by atoms with Crippen molar-refractivity contribution in [1.82, 2.24) is 4.31 Å². The van der Waals surface area contributed by atoms with E-state index in [1.54, 1.807) is 10.4 Å². The SMILES string of the molecule is Cc1cc(CCl)cc(S(=O)(=O)N2CCSC(C)C2C)c1C. The molecule has 1 aliphatic heterocycles. The molecule has 1 aliphatic rings. The van der Waals surface area contributed by atoms with Gasteiger partial charge in [-0.3, -0.25) is 0 Å². The molecule has 1 saturated heterocycles. The highest BCUT2D eigenvalue weighted by Crippen LogP contribution is 2.32. The molecule has 0 spiro atoms. The quantitative estimate of drug-likeness (QED) is 0.784. The van der Waals surface area contributed by atoms with Crippen LogP contribution < -0.4 is 0 Å². The van der Waals surface area contributed by atoms with Gasteiger partial charge < -0.3 is 0 Å². The number of nitrogens with zero attached hydrogens (tertiary/aromatic N) is 1. The van der Waals surface area contributed by atoms with E-state index in [1.807, 2.05) is 38.6 Å². The highest BCUT2D eigenvalue weighted by molar-refractivity contribution is 8.00. The molecule has 1 aromatic carbocycles. The lowest BCUT2D eigenvalue weighted by Crippen LogP contribution is -2.48. The van der Waals surface area contributed by atoms with Crippen LogP contribution in [-0.2, 0) is 15.9 Å². The van der Waals surface area contributed by atoms with Gasteiger partial charge in [-0.05, 0) is 43.5 Å². The molecule has 118 valence electrons. The van der Waals surface area contributed by atoms with Crippen molar-refractivity contribution in [3.8, 4) is 0 Å². The van der Waals surface area contributed by atoms with Crippen LogP contribution in [0, 0.1) is 13.8 Å². The topological polar surface area (TPSA) is 37.4 Å². The van der Waals surface area contributed by atoms with Gasteiger partial charge in [-0.15, -0.1) is 11.6 Å². The molecule has 1 heterocycles. The Morgan fingerprint density at radius 1 is 1.33 bits per heavy atom. The first-order valence-electron chi connectivity index (χ1n) is 7.08. The number of aryl methyl sites for hydroxylation is 1. The lowest BCUT2D eigenvalue weighted by Gasteiger charge is -2.36. The van der Waals surface area contributed by atoms with Crippen LogP contribution in [0.1, 0.15) is 30.5 Å². The molecule has 1 fully saturated rings. The number of halogens is 1. The zero-order valence-electron chi connectivity index (χ0n) is 12.9. The van der Waals surface area contributed by atoms with Crippen molar-refractivity contribution >= 4 is 33.4 Å². The largest absolute Gasteiger partial charge is 0.243 e. The Bertz CT molecular complexity index is 631. The van der Waals surface area contributed by atoms with Crippen LogP contribution in [0.15, 0.2) is 17.0 Å². The second kappa shape index (κ2) is 6.49. The van der Waals surface area contributed by atoms with Gasteiger partial charge in [0.2, 0.25) is 10.0 Å². The Hall–Kier alpha value is -0.230. The zero-order valence-corrected chi connectivity index (χ0v) is 15.3. The van der Waals surface area contributed by atoms with Crippen LogP contribution >= 0.6 is 23.4 Å². The highest BCUT2D eigenvalue weighted by Gasteiger charge is 2.35. The minimum absolute atomic E-state index is 0.00751. The summed E-state index contributed by atoms with van der Waals surface area (Å²) in [5.41, 5.74) is 2.64. The number of hydrogen-bond acceptors (Lipinski definition) is 3. The molecule has 0 bridgehead atoms. The second-order valence-electron chi connectivity index (χ2n) is 5.60. The summed E-state index contributed by atoms with van der Waals surface area (Å²) < 4.78 is 27.8. The third-order valence-corrected chi connectivity index (χ3v) is 8.01. The van der Waals surface area contributed by atoms with Crippen LogP contribution in [0.25, 0.3) is 0 Å². The molecular weight excluding hydrogens is 326 g/mol. The molecule has 21 heavy (non-hydrogen) atoms.